The first-order valence-corrected chi connectivity index (χ1v) is 11.3. The van der Waals surface area contributed by atoms with Crippen LogP contribution in [0.2, 0.25) is 0 Å². The number of methoxy groups -OCH3 is 2. The van der Waals surface area contributed by atoms with Crippen molar-refractivity contribution in [3.63, 3.8) is 0 Å². The van der Waals surface area contributed by atoms with E-state index in [1.807, 2.05) is 30.3 Å². The Morgan fingerprint density at radius 1 is 1.03 bits per heavy atom. The fraction of sp³-hybridized carbons (Fsp3) is 0.333. The van der Waals surface area contributed by atoms with Crippen molar-refractivity contribution in [1.29, 1.82) is 0 Å². The van der Waals surface area contributed by atoms with Gasteiger partial charge in [0.05, 0.1) is 25.2 Å². The molecule has 1 aromatic heterocycles. The molecule has 1 unspecified atom stereocenters. The molecule has 0 radical (unpaired) electrons. The molecule has 0 saturated carbocycles. The quantitative estimate of drug-likeness (QED) is 0.548. The summed E-state index contributed by atoms with van der Waals surface area (Å²) in [5.41, 5.74) is 0.471. The lowest BCUT2D eigenvalue weighted by Crippen LogP contribution is -2.44. The molecule has 1 atom stereocenters. The van der Waals surface area contributed by atoms with E-state index in [0.717, 1.165) is 5.56 Å². The molecule has 2 aromatic carbocycles. The minimum atomic E-state index is -3.86. The molecule has 10 heteroatoms. The summed E-state index contributed by atoms with van der Waals surface area (Å²) in [6.45, 7) is 0.999. The number of hydrogen-bond acceptors (Lipinski definition) is 6. The van der Waals surface area contributed by atoms with Gasteiger partial charge in [-0.15, -0.1) is 0 Å². The molecule has 3 aromatic rings. The molecule has 2 heterocycles. The van der Waals surface area contributed by atoms with Crippen LogP contribution in [0.5, 0.6) is 5.75 Å². The number of sulfonamides is 1. The van der Waals surface area contributed by atoms with Gasteiger partial charge in [0.1, 0.15) is 11.8 Å². The standard InChI is InChI=1S/C21H24N4O5S/c1-29-15-14-24-21(26)23-12-13-25(19(20(23)22-24)16-6-4-3-5-7-16)31(27,28)18-10-8-17(30-2)9-11-18/h3-11,19H,12-15H2,1-2H3. The zero-order chi connectivity index (χ0) is 22.0. The van der Waals surface area contributed by atoms with Gasteiger partial charge in [-0.25, -0.2) is 17.9 Å². The van der Waals surface area contributed by atoms with E-state index in [-0.39, 0.29) is 23.7 Å². The number of hydrogen-bond donors (Lipinski definition) is 0. The molecule has 1 aliphatic heterocycles. The highest BCUT2D eigenvalue weighted by Gasteiger charge is 2.40. The highest BCUT2D eigenvalue weighted by Crippen LogP contribution is 2.34. The van der Waals surface area contributed by atoms with E-state index >= 15 is 0 Å². The third kappa shape index (κ3) is 3.89. The van der Waals surface area contributed by atoms with Crippen LogP contribution in [0, 0.1) is 0 Å². The lowest BCUT2D eigenvalue weighted by atomic mass is 10.1. The van der Waals surface area contributed by atoms with Crippen LogP contribution in [0.4, 0.5) is 0 Å². The van der Waals surface area contributed by atoms with Gasteiger partial charge in [-0.1, -0.05) is 30.3 Å². The van der Waals surface area contributed by atoms with Crippen LogP contribution in [0.1, 0.15) is 17.4 Å². The maximum Gasteiger partial charge on any atom is 0.346 e. The van der Waals surface area contributed by atoms with Crippen molar-refractivity contribution < 1.29 is 17.9 Å². The lowest BCUT2D eigenvalue weighted by molar-refractivity contribution is 0.182. The van der Waals surface area contributed by atoms with Crippen LogP contribution in [0.25, 0.3) is 0 Å². The molecule has 164 valence electrons. The van der Waals surface area contributed by atoms with Crippen molar-refractivity contribution in [3.8, 4) is 5.75 Å². The molecule has 0 spiro atoms. The van der Waals surface area contributed by atoms with E-state index in [9.17, 15) is 13.2 Å². The van der Waals surface area contributed by atoms with Crippen molar-refractivity contribution in [1.82, 2.24) is 18.7 Å². The number of rotatable bonds is 7. The van der Waals surface area contributed by atoms with E-state index in [2.05, 4.69) is 5.10 Å². The van der Waals surface area contributed by atoms with Gasteiger partial charge in [-0.05, 0) is 29.8 Å². The SMILES string of the molecule is COCCn1nc2n(c1=O)CCN(S(=O)(=O)c1ccc(OC)cc1)C2c1ccccc1. The molecule has 0 amide bonds. The van der Waals surface area contributed by atoms with Gasteiger partial charge < -0.3 is 9.47 Å². The van der Waals surface area contributed by atoms with E-state index in [1.165, 1.54) is 28.2 Å². The molecule has 0 saturated heterocycles. The zero-order valence-corrected chi connectivity index (χ0v) is 18.2. The van der Waals surface area contributed by atoms with Crippen molar-refractivity contribution >= 4 is 10.0 Å². The third-order valence-electron chi connectivity index (χ3n) is 5.32. The second-order valence-electron chi connectivity index (χ2n) is 7.11. The minimum Gasteiger partial charge on any atom is -0.497 e. The van der Waals surface area contributed by atoms with Crippen molar-refractivity contribution in [3.05, 3.63) is 76.5 Å². The van der Waals surface area contributed by atoms with Crippen LogP contribution in [0.15, 0.2) is 64.3 Å². The lowest BCUT2D eigenvalue weighted by Gasteiger charge is -2.34. The molecule has 1 aliphatic rings. The van der Waals surface area contributed by atoms with Crippen molar-refractivity contribution in [2.24, 2.45) is 0 Å². The van der Waals surface area contributed by atoms with Crippen LogP contribution in [0.3, 0.4) is 0 Å². The number of ether oxygens (including phenoxy) is 2. The molecule has 0 fully saturated rings. The first kappa shape index (κ1) is 21.3. The van der Waals surface area contributed by atoms with Crippen LogP contribution < -0.4 is 10.4 Å². The average molecular weight is 445 g/mol. The third-order valence-corrected chi connectivity index (χ3v) is 7.20. The fourth-order valence-corrected chi connectivity index (χ4v) is 5.31. The van der Waals surface area contributed by atoms with Gasteiger partial charge in [0.25, 0.3) is 0 Å². The van der Waals surface area contributed by atoms with Crippen molar-refractivity contribution in [2.75, 3.05) is 27.4 Å². The van der Waals surface area contributed by atoms with Crippen LogP contribution in [-0.4, -0.2) is 54.4 Å². The summed E-state index contributed by atoms with van der Waals surface area (Å²) in [6.07, 6.45) is 0. The highest BCUT2D eigenvalue weighted by atomic mass is 32.2. The normalized spacial score (nSPS) is 16.8. The van der Waals surface area contributed by atoms with Gasteiger partial charge in [-0.3, -0.25) is 4.57 Å². The fourth-order valence-electron chi connectivity index (χ4n) is 3.74. The molecular weight excluding hydrogens is 420 g/mol. The Morgan fingerprint density at radius 3 is 2.39 bits per heavy atom. The van der Waals surface area contributed by atoms with Crippen LogP contribution in [-0.2, 0) is 27.8 Å². The molecule has 9 nitrogen and oxygen atoms in total. The predicted molar refractivity (Wildman–Crippen MR) is 114 cm³/mol. The zero-order valence-electron chi connectivity index (χ0n) is 17.3. The molecular formula is C21H24N4O5S. The molecule has 0 aliphatic carbocycles. The van der Waals surface area contributed by atoms with Gasteiger partial charge >= 0.3 is 5.69 Å². The maximum absolute atomic E-state index is 13.6. The van der Waals surface area contributed by atoms with Gasteiger partial charge in [0, 0.05) is 20.2 Å². The number of benzene rings is 2. The predicted octanol–water partition coefficient (Wildman–Crippen LogP) is 1.49. The van der Waals surface area contributed by atoms with E-state index in [0.29, 0.717) is 24.7 Å². The first-order valence-electron chi connectivity index (χ1n) is 9.84. The topological polar surface area (TPSA) is 95.7 Å². The average Bonchev–Trinajstić information content (AvgIpc) is 3.13. The highest BCUT2D eigenvalue weighted by molar-refractivity contribution is 7.89. The monoisotopic (exact) mass is 444 g/mol. The molecule has 31 heavy (non-hydrogen) atoms. The summed E-state index contributed by atoms with van der Waals surface area (Å²) < 4.78 is 41.7. The summed E-state index contributed by atoms with van der Waals surface area (Å²) in [5.74, 6) is 0.971. The number of fused-ring (bicyclic) bond motifs is 1. The Balaban J connectivity index is 1.82. The summed E-state index contributed by atoms with van der Waals surface area (Å²) in [6, 6.07) is 14.8. The van der Waals surface area contributed by atoms with E-state index in [1.54, 1.807) is 23.8 Å². The van der Waals surface area contributed by atoms with Crippen LogP contribution >= 0.6 is 0 Å². The minimum absolute atomic E-state index is 0.150. The van der Waals surface area contributed by atoms with Gasteiger partial charge in [0.2, 0.25) is 10.0 Å². The largest absolute Gasteiger partial charge is 0.497 e. The number of aromatic nitrogens is 3. The van der Waals surface area contributed by atoms with Gasteiger partial charge in [-0.2, -0.15) is 9.40 Å². The summed E-state index contributed by atoms with van der Waals surface area (Å²) in [4.78, 5) is 13.0. The second-order valence-corrected chi connectivity index (χ2v) is 9.00. The van der Waals surface area contributed by atoms with E-state index in [4.69, 9.17) is 9.47 Å². The Bertz CT molecular complexity index is 1200. The number of nitrogens with zero attached hydrogens (tertiary/aromatic N) is 4. The summed E-state index contributed by atoms with van der Waals surface area (Å²) in [7, 11) is -0.780. The Hall–Kier alpha value is -2.95. The summed E-state index contributed by atoms with van der Waals surface area (Å²) in [5, 5.41) is 4.49. The Morgan fingerprint density at radius 2 is 1.74 bits per heavy atom. The van der Waals surface area contributed by atoms with Gasteiger partial charge in [0.15, 0.2) is 5.82 Å². The Labute approximate surface area is 180 Å². The smallest absolute Gasteiger partial charge is 0.346 e. The summed E-state index contributed by atoms with van der Waals surface area (Å²) >= 11 is 0. The second kappa shape index (κ2) is 8.66. The first-order chi connectivity index (χ1) is 15.0. The van der Waals surface area contributed by atoms with E-state index < -0.39 is 16.1 Å². The molecule has 4 rings (SSSR count). The Kier molecular flexibility index (Phi) is 5.94. The molecule has 0 N–H and O–H groups in total. The van der Waals surface area contributed by atoms with Crippen molar-refractivity contribution in [2.45, 2.75) is 24.0 Å². The maximum atomic E-state index is 13.6. The molecule has 0 bridgehead atoms.